The number of carbonyl (C=O) groups excluding carboxylic acids is 1. The summed E-state index contributed by atoms with van der Waals surface area (Å²) in [6.07, 6.45) is 5.55. The van der Waals surface area contributed by atoms with E-state index in [4.69, 9.17) is 4.74 Å². The normalized spacial score (nSPS) is 26.5. The predicted molar refractivity (Wildman–Crippen MR) is 71.5 cm³/mol. The van der Waals surface area contributed by atoms with E-state index >= 15 is 0 Å². The summed E-state index contributed by atoms with van der Waals surface area (Å²) in [6, 6.07) is -0.0463. The van der Waals surface area contributed by atoms with Crippen LogP contribution in [-0.4, -0.2) is 38.8 Å². The second-order valence-corrected chi connectivity index (χ2v) is 5.68. The van der Waals surface area contributed by atoms with Gasteiger partial charge in [-0.1, -0.05) is 18.1 Å². The number of hydrogen-bond donors (Lipinski definition) is 1. The molecule has 0 radical (unpaired) electrons. The quantitative estimate of drug-likeness (QED) is 0.850. The Morgan fingerprint density at radius 3 is 2.75 bits per heavy atom. The molecule has 0 bridgehead atoms. The molecule has 0 aromatic carbocycles. The molecular weight excluding hydrogens is 258 g/mol. The molecule has 1 N–H and O–H groups in total. The molecule has 1 aromatic heterocycles. The largest absolute Gasteiger partial charge is 0.461 e. The lowest BCUT2D eigenvalue weighted by Gasteiger charge is -2.28. The first-order valence-corrected chi connectivity index (χ1v) is 7.52. The molecule has 1 aromatic rings. The number of rotatable bonds is 4. The minimum Gasteiger partial charge on any atom is -0.461 e. The highest BCUT2D eigenvalue weighted by molar-refractivity contribution is 5.88. The maximum absolute atomic E-state index is 12.0. The van der Waals surface area contributed by atoms with Gasteiger partial charge in [0.2, 0.25) is 0 Å². The van der Waals surface area contributed by atoms with Crippen molar-refractivity contribution in [3.63, 3.8) is 0 Å². The van der Waals surface area contributed by atoms with Gasteiger partial charge in [0.1, 0.15) is 0 Å². The van der Waals surface area contributed by atoms with Gasteiger partial charge in [0.25, 0.3) is 0 Å². The van der Waals surface area contributed by atoms with Crippen LogP contribution in [0.2, 0.25) is 0 Å². The Morgan fingerprint density at radius 1 is 1.35 bits per heavy atom. The molecule has 20 heavy (non-hydrogen) atoms. The number of aliphatic hydroxyl groups excluding tert-OH is 1. The topological polar surface area (TPSA) is 77.2 Å². The van der Waals surface area contributed by atoms with E-state index < -0.39 is 12.1 Å². The van der Waals surface area contributed by atoms with E-state index in [0.717, 1.165) is 44.2 Å². The summed E-state index contributed by atoms with van der Waals surface area (Å²) < 4.78 is 6.86. The summed E-state index contributed by atoms with van der Waals surface area (Å²) in [6.45, 7) is 2.12. The van der Waals surface area contributed by atoms with Crippen LogP contribution in [0.1, 0.15) is 73.6 Å². The van der Waals surface area contributed by atoms with E-state index in [1.807, 2.05) is 0 Å². The van der Waals surface area contributed by atoms with Gasteiger partial charge in [-0.05, 0) is 32.6 Å². The monoisotopic (exact) mass is 279 g/mol. The van der Waals surface area contributed by atoms with E-state index in [-0.39, 0.29) is 6.04 Å². The van der Waals surface area contributed by atoms with Crippen LogP contribution < -0.4 is 0 Å². The second kappa shape index (κ2) is 5.52. The van der Waals surface area contributed by atoms with Crippen molar-refractivity contribution in [3.05, 3.63) is 11.4 Å². The number of ether oxygens (including phenoxy) is 1. The molecular formula is C14H21N3O3. The maximum atomic E-state index is 12.0. The van der Waals surface area contributed by atoms with Crippen LogP contribution in [0.25, 0.3) is 0 Å². The zero-order valence-corrected chi connectivity index (χ0v) is 11.8. The highest BCUT2D eigenvalue weighted by atomic mass is 16.5. The molecule has 2 aliphatic rings. The highest BCUT2D eigenvalue weighted by Crippen LogP contribution is 2.43. The van der Waals surface area contributed by atoms with E-state index in [2.05, 4.69) is 10.3 Å². The van der Waals surface area contributed by atoms with Crippen molar-refractivity contribution < 1.29 is 14.6 Å². The smallest absolute Gasteiger partial charge is 0.360 e. The van der Waals surface area contributed by atoms with Crippen molar-refractivity contribution in [2.45, 2.75) is 63.5 Å². The fourth-order valence-corrected chi connectivity index (χ4v) is 3.00. The van der Waals surface area contributed by atoms with Crippen LogP contribution in [0.5, 0.6) is 0 Å². The molecule has 0 aliphatic heterocycles. The second-order valence-electron chi connectivity index (χ2n) is 5.68. The predicted octanol–water partition coefficient (Wildman–Crippen LogP) is 1.81. The first kappa shape index (κ1) is 13.5. The number of esters is 1. The van der Waals surface area contributed by atoms with Crippen molar-refractivity contribution in [1.82, 2.24) is 15.0 Å². The van der Waals surface area contributed by atoms with Crippen LogP contribution in [0.4, 0.5) is 0 Å². The molecule has 6 nitrogen and oxygen atoms in total. The Morgan fingerprint density at radius 2 is 2.10 bits per heavy atom. The third kappa shape index (κ3) is 2.44. The molecule has 3 rings (SSSR count). The van der Waals surface area contributed by atoms with Crippen LogP contribution in [0.15, 0.2) is 0 Å². The number of aromatic nitrogens is 3. The van der Waals surface area contributed by atoms with Gasteiger partial charge >= 0.3 is 5.97 Å². The summed E-state index contributed by atoms with van der Waals surface area (Å²) in [5.41, 5.74) is 1.21. The SMILES string of the molecule is CCOC(=O)c1nnn(C2CCCCC2O)c1C1CC1. The van der Waals surface area contributed by atoms with Gasteiger partial charge in [-0.25, -0.2) is 9.48 Å². The molecule has 2 unspecified atom stereocenters. The molecule has 6 heteroatoms. The molecule has 0 amide bonds. The number of hydrogen-bond acceptors (Lipinski definition) is 5. The molecule has 2 fully saturated rings. The van der Waals surface area contributed by atoms with Gasteiger partial charge in [0, 0.05) is 5.92 Å². The molecule has 2 aliphatic carbocycles. The number of aliphatic hydroxyl groups is 1. The molecule has 1 heterocycles. The van der Waals surface area contributed by atoms with Crippen molar-refractivity contribution in [1.29, 1.82) is 0 Å². The minimum atomic E-state index is -0.397. The third-order valence-electron chi connectivity index (χ3n) is 4.17. The van der Waals surface area contributed by atoms with Crippen LogP contribution in [0, 0.1) is 0 Å². The molecule has 2 atom stereocenters. The lowest BCUT2D eigenvalue weighted by molar-refractivity contribution is 0.0515. The number of carbonyl (C=O) groups is 1. The van der Waals surface area contributed by atoms with Gasteiger partial charge in [0.05, 0.1) is 24.4 Å². The molecule has 110 valence electrons. The van der Waals surface area contributed by atoms with Crippen molar-refractivity contribution in [2.24, 2.45) is 0 Å². The van der Waals surface area contributed by atoms with Gasteiger partial charge in [-0.15, -0.1) is 5.10 Å². The van der Waals surface area contributed by atoms with E-state index in [9.17, 15) is 9.90 Å². The highest BCUT2D eigenvalue weighted by Gasteiger charge is 2.38. The van der Waals surface area contributed by atoms with Crippen molar-refractivity contribution in [2.75, 3.05) is 6.61 Å². The summed E-state index contributed by atoms with van der Waals surface area (Å²) in [5.74, 6) is -0.0514. The summed E-state index contributed by atoms with van der Waals surface area (Å²) in [4.78, 5) is 12.0. The average Bonchev–Trinajstić information content (AvgIpc) is 3.18. The maximum Gasteiger partial charge on any atom is 0.360 e. The van der Waals surface area contributed by atoms with Gasteiger partial charge in [-0.3, -0.25) is 0 Å². The summed E-state index contributed by atoms with van der Waals surface area (Å²) in [5, 5.41) is 18.4. The average molecular weight is 279 g/mol. The van der Waals surface area contributed by atoms with Gasteiger partial charge in [-0.2, -0.15) is 0 Å². The lowest BCUT2D eigenvalue weighted by Crippen LogP contribution is -2.29. The Hall–Kier alpha value is -1.43. The van der Waals surface area contributed by atoms with E-state index in [1.54, 1.807) is 11.6 Å². The fourth-order valence-electron chi connectivity index (χ4n) is 3.00. The molecule has 0 saturated heterocycles. The Kier molecular flexibility index (Phi) is 3.74. The number of nitrogens with zero attached hydrogens (tertiary/aromatic N) is 3. The standard InChI is InChI=1S/C14H21N3O3/c1-2-20-14(19)12-13(9-7-8-9)17(16-15-12)10-5-3-4-6-11(10)18/h9-11,18H,2-8H2,1H3. The summed E-state index contributed by atoms with van der Waals surface area (Å²) >= 11 is 0. The zero-order chi connectivity index (χ0) is 14.1. The zero-order valence-electron chi connectivity index (χ0n) is 11.8. The van der Waals surface area contributed by atoms with Gasteiger partial charge < -0.3 is 9.84 Å². The third-order valence-corrected chi connectivity index (χ3v) is 4.17. The van der Waals surface area contributed by atoms with Crippen molar-refractivity contribution in [3.8, 4) is 0 Å². The fraction of sp³-hybridized carbons (Fsp3) is 0.786. The van der Waals surface area contributed by atoms with Crippen LogP contribution in [-0.2, 0) is 4.74 Å². The Bertz CT molecular complexity index is 496. The van der Waals surface area contributed by atoms with E-state index in [1.165, 1.54) is 0 Å². The van der Waals surface area contributed by atoms with Crippen LogP contribution >= 0.6 is 0 Å². The minimum absolute atomic E-state index is 0.0463. The van der Waals surface area contributed by atoms with E-state index in [0.29, 0.717) is 18.2 Å². The first-order valence-electron chi connectivity index (χ1n) is 7.52. The molecule has 2 saturated carbocycles. The van der Waals surface area contributed by atoms with Crippen LogP contribution in [0.3, 0.4) is 0 Å². The lowest BCUT2D eigenvalue weighted by atomic mass is 9.92. The Balaban J connectivity index is 1.92. The summed E-state index contributed by atoms with van der Waals surface area (Å²) in [7, 11) is 0. The van der Waals surface area contributed by atoms with Crippen molar-refractivity contribution >= 4 is 5.97 Å². The molecule has 0 spiro atoms. The first-order chi connectivity index (χ1) is 9.72. The Labute approximate surface area is 118 Å². The van der Waals surface area contributed by atoms with Gasteiger partial charge in [0.15, 0.2) is 5.69 Å².